The fourth-order valence-electron chi connectivity index (χ4n) is 3.80. The Kier molecular flexibility index (Phi) is 4.84. The van der Waals surface area contributed by atoms with Crippen molar-refractivity contribution in [2.75, 3.05) is 19.0 Å². The minimum atomic E-state index is 0.451. The van der Waals surface area contributed by atoms with Crippen LogP contribution in [0.1, 0.15) is 5.56 Å². The van der Waals surface area contributed by atoms with Gasteiger partial charge in [-0.15, -0.1) is 0 Å². The molecule has 6 heteroatoms. The molecule has 0 saturated heterocycles. The number of hydrogen-bond donors (Lipinski definition) is 1. The first-order valence-corrected chi connectivity index (χ1v) is 10.4. The fraction of sp³-hybridized carbons (Fsp3) is 0.0800. The fourth-order valence-corrected chi connectivity index (χ4v) is 3.98. The van der Waals surface area contributed by atoms with Gasteiger partial charge in [0.2, 0.25) is 4.77 Å². The van der Waals surface area contributed by atoms with E-state index in [9.17, 15) is 0 Å². The predicted molar refractivity (Wildman–Crippen MR) is 132 cm³/mol. The van der Waals surface area contributed by atoms with E-state index in [1.807, 2.05) is 32.4 Å². The summed E-state index contributed by atoms with van der Waals surface area (Å²) < 4.78 is 2.13. The Hall–Kier alpha value is -3.77. The molecule has 4 aromatic carbocycles. The van der Waals surface area contributed by atoms with Gasteiger partial charge in [0.15, 0.2) is 5.82 Å². The van der Waals surface area contributed by atoms with Gasteiger partial charge >= 0.3 is 0 Å². The highest BCUT2D eigenvalue weighted by atomic mass is 32.1. The lowest BCUT2D eigenvalue weighted by molar-refractivity contribution is 0.872. The highest BCUT2D eigenvalue weighted by molar-refractivity contribution is 7.71. The molecular formula is C25H21N5S. The van der Waals surface area contributed by atoms with Crippen LogP contribution in [0.5, 0.6) is 0 Å². The molecule has 1 heterocycles. The number of aromatic amines is 1. The maximum atomic E-state index is 5.47. The monoisotopic (exact) mass is 423 g/mol. The van der Waals surface area contributed by atoms with Gasteiger partial charge in [-0.05, 0) is 64.1 Å². The molecule has 0 bridgehead atoms. The molecule has 0 unspecified atom stereocenters. The highest BCUT2D eigenvalue weighted by Gasteiger charge is 2.10. The Labute approximate surface area is 185 Å². The van der Waals surface area contributed by atoms with Gasteiger partial charge in [0, 0.05) is 30.9 Å². The van der Waals surface area contributed by atoms with Crippen LogP contribution in [-0.4, -0.2) is 35.2 Å². The van der Waals surface area contributed by atoms with E-state index in [-0.39, 0.29) is 0 Å². The largest absolute Gasteiger partial charge is 0.378 e. The van der Waals surface area contributed by atoms with Crippen molar-refractivity contribution in [3.05, 3.63) is 89.2 Å². The standard InChI is InChI=1S/C25H21N5S/c1-29(2)20-13-11-17(12-14-20)24-27-28-25(31)30(24)26-16-23-21-9-5-3-7-18(21)15-19-8-4-6-10-22(19)23/h3-16H,1-2H3,(H,28,31). The number of nitrogens with one attached hydrogen (secondary N) is 1. The molecule has 1 N–H and O–H groups in total. The van der Waals surface area contributed by atoms with Crippen LogP contribution in [0.4, 0.5) is 5.69 Å². The molecule has 31 heavy (non-hydrogen) atoms. The lowest BCUT2D eigenvalue weighted by Crippen LogP contribution is -2.08. The third-order valence-electron chi connectivity index (χ3n) is 5.41. The van der Waals surface area contributed by atoms with E-state index in [2.05, 4.69) is 81.8 Å². The molecule has 0 spiro atoms. The average molecular weight is 424 g/mol. The lowest BCUT2D eigenvalue weighted by Gasteiger charge is -2.12. The van der Waals surface area contributed by atoms with Crippen molar-refractivity contribution in [2.24, 2.45) is 5.10 Å². The van der Waals surface area contributed by atoms with Gasteiger partial charge in [0.25, 0.3) is 0 Å². The third-order valence-corrected chi connectivity index (χ3v) is 5.67. The summed E-state index contributed by atoms with van der Waals surface area (Å²) in [6.45, 7) is 0. The molecule has 0 aliphatic heterocycles. The quantitative estimate of drug-likeness (QED) is 0.224. The van der Waals surface area contributed by atoms with Gasteiger partial charge in [0.05, 0.1) is 6.21 Å². The minimum Gasteiger partial charge on any atom is -0.378 e. The minimum absolute atomic E-state index is 0.451. The molecule has 0 aliphatic carbocycles. The average Bonchev–Trinajstić information content (AvgIpc) is 3.17. The van der Waals surface area contributed by atoms with Crippen LogP contribution in [0.15, 0.2) is 84.0 Å². The Morgan fingerprint density at radius 1 is 0.903 bits per heavy atom. The van der Waals surface area contributed by atoms with Crippen molar-refractivity contribution in [1.29, 1.82) is 0 Å². The molecule has 1 aromatic heterocycles. The Balaban J connectivity index is 1.64. The van der Waals surface area contributed by atoms with E-state index in [1.165, 1.54) is 10.8 Å². The van der Waals surface area contributed by atoms with E-state index < -0.39 is 0 Å². The Morgan fingerprint density at radius 3 is 2.13 bits per heavy atom. The molecule has 0 saturated carbocycles. The molecule has 5 rings (SSSR count). The van der Waals surface area contributed by atoms with Crippen molar-refractivity contribution < 1.29 is 0 Å². The zero-order valence-electron chi connectivity index (χ0n) is 17.3. The number of fused-ring (bicyclic) bond motifs is 2. The number of H-pyrrole nitrogens is 1. The van der Waals surface area contributed by atoms with Crippen molar-refractivity contribution in [3.8, 4) is 11.4 Å². The maximum Gasteiger partial charge on any atom is 0.216 e. The summed E-state index contributed by atoms with van der Waals surface area (Å²) in [7, 11) is 4.04. The normalized spacial score (nSPS) is 11.5. The van der Waals surface area contributed by atoms with Gasteiger partial charge in [-0.1, -0.05) is 48.5 Å². The Morgan fingerprint density at radius 2 is 1.52 bits per heavy atom. The van der Waals surface area contributed by atoms with Crippen LogP contribution in [0, 0.1) is 4.77 Å². The molecule has 0 atom stereocenters. The van der Waals surface area contributed by atoms with Gasteiger partial charge in [0.1, 0.15) is 0 Å². The van der Waals surface area contributed by atoms with Crippen LogP contribution >= 0.6 is 12.2 Å². The predicted octanol–water partition coefficient (Wildman–Crippen LogP) is 5.86. The Bertz CT molecular complexity index is 1420. The zero-order chi connectivity index (χ0) is 21.4. The van der Waals surface area contributed by atoms with Crippen LogP contribution < -0.4 is 4.90 Å². The summed E-state index contributed by atoms with van der Waals surface area (Å²) in [5.41, 5.74) is 3.12. The highest BCUT2D eigenvalue weighted by Crippen LogP contribution is 2.27. The summed E-state index contributed by atoms with van der Waals surface area (Å²) in [5.74, 6) is 0.677. The van der Waals surface area contributed by atoms with E-state index in [4.69, 9.17) is 17.3 Å². The van der Waals surface area contributed by atoms with Crippen molar-refractivity contribution >= 4 is 45.7 Å². The first-order valence-electron chi connectivity index (χ1n) is 10.0. The second-order valence-electron chi connectivity index (χ2n) is 7.58. The smallest absolute Gasteiger partial charge is 0.216 e. The lowest BCUT2D eigenvalue weighted by atomic mass is 9.97. The second kappa shape index (κ2) is 7.81. The van der Waals surface area contributed by atoms with Gasteiger partial charge in [-0.2, -0.15) is 14.9 Å². The molecule has 0 amide bonds. The van der Waals surface area contributed by atoms with Crippen LogP contribution in [-0.2, 0) is 0 Å². The van der Waals surface area contributed by atoms with Gasteiger partial charge in [-0.25, -0.2) is 5.10 Å². The zero-order valence-corrected chi connectivity index (χ0v) is 18.1. The summed E-state index contributed by atoms with van der Waals surface area (Å²) in [6.07, 6.45) is 1.88. The van der Waals surface area contributed by atoms with E-state index in [0.717, 1.165) is 27.6 Å². The number of hydrogen-bond acceptors (Lipinski definition) is 4. The topological polar surface area (TPSA) is 49.2 Å². The first-order chi connectivity index (χ1) is 15.1. The number of nitrogens with zero attached hydrogens (tertiary/aromatic N) is 4. The molecule has 5 aromatic rings. The van der Waals surface area contributed by atoms with Crippen LogP contribution in [0.2, 0.25) is 0 Å². The van der Waals surface area contributed by atoms with E-state index in [1.54, 1.807) is 4.68 Å². The third kappa shape index (κ3) is 3.51. The summed E-state index contributed by atoms with van der Waals surface area (Å²) in [4.78, 5) is 2.06. The maximum absolute atomic E-state index is 5.47. The van der Waals surface area contributed by atoms with Crippen LogP contribution in [0.25, 0.3) is 32.9 Å². The number of anilines is 1. The van der Waals surface area contributed by atoms with Crippen LogP contribution in [0.3, 0.4) is 0 Å². The van der Waals surface area contributed by atoms with Crippen molar-refractivity contribution in [3.63, 3.8) is 0 Å². The van der Waals surface area contributed by atoms with Crippen molar-refractivity contribution in [2.45, 2.75) is 0 Å². The number of aromatic nitrogens is 3. The molecule has 0 aliphatic rings. The molecule has 5 nitrogen and oxygen atoms in total. The SMILES string of the molecule is CN(C)c1ccc(-c2n[nH]c(=S)n2N=Cc2c3ccccc3cc3ccccc23)cc1. The second-order valence-corrected chi connectivity index (χ2v) is 7.97. The molecule has 0 fully saturated rings. The number of rotatable bonds is 4. The van der Waals surface area contributed by atoms with E-state index in [0.29, 0.717) is 10.6 Å². The summed E-state index contributed by atoms with van der Waals surface area (Å²) in [6, 6.07) is 27.1. The molecule has 152 valence electrons. The number of benzene rings is 4. The molecular weight excluding hydrogens is 402 g/mol. The molecule has 0 radical (unpaired) electrons. The summed E-state index contributed by atoms with van der Waals surface area (Å²) >= 11 is 5.47. The van der Waals surface area contributed by atoms with Gasteiger partial charge in [-0.3, -0.25) is 0 Å². The first kappa shape index (κ1) is 19.2. The van der Waals surface area contributed by atoms with Gasteiger partial charge < -0.3 is 4.90 Å². The van der Waals surface area contributed by atoms with Crippen molar-refractivity contribution in [1.82, 2.24) is 14.9 Å². The summed E-state index contributed by atoms with van der Waals surface area (Å²) in [5, 5.41) is 16.7. The van der Waals surface area contributed by atoms with E-state index >= 15 is 0 Å².